The topological polar surface area (TPSA) is 42.4 Å². The van der Waals surface area contributed by atoms with Crippen LogP contribution in [0, 0.1) is 6.92 Å². The zero-order chi connectivity index (χ0) is 15.5. The SMILES string of the molecule is COc1ccc(C2CCCN2C(=O)Cc2csc(C)n2)cc1. The van der Waals surface area contributed by atoms with Gasteiger partial charge in [-0.05, 0) is 37.5 Å². The standard InChI is InChI=1S/C17H20N2O2S/c1-12-18-14(11-22-12)10-17(20)19-9-3-4-16(19)13-5-7-15(21-2)8-6-13/h5-8,11,16H,3-4,9-10H2,1-2H3. The van der Waals surface area contributed by atoms with Crippen LogP contribution in [0.25, 0.3) is 0 Å². The molecule has 1 aliphatic heterocycles. The van der Waals surface area contributed by atoms with Crippen molar-refractivity contribution in [1.29, 1.82) is 0 Å². The Morgan fingerprint density at radius 2 is 2.18 bits per heavy atom. The average molecular weight is 316 g/mol. The number of benzene rings is 1. The molecule has 1 amide bonds. The molecule has 5 heteroatoms. The van der Waals surface area contributed by atoms with Crippen LogP contribution in [0.5, 0.6) is 5.75 Å². The van der Waals surface area contributed by atoms with E-state index in [2.05, 4.69) is 17.1 Å². The van der Waals surface area contributed by atoms with Gasteiger partial charge in [-0.1, -0.05) is 12.1 Å². The molecular weight excluding hydrogens is 296 g/mol. The first-order valence-corrected chi connectivity index (χ1v) is 8.40. The normalized spacial score (nSPS) is 17.7. The Balaban J connectivity index is 1.72. The number of methoxy groups -OCH3 is 1. The molecule has 0 spiro atoms. The highest BCUT2D eigenvalue weighted by atomic mass is 32.1. The summed E-state index contributed by atoms with van der Waals surface area (Å²) in [5.74, 6) is 1.01. The van der Waals surface area contributed by atoms with Crippen LogP contribution in [-0.4, -0.2) is 29.4 Å². The predicted octanol–water partition coefficient (Wildman–Crippen LogP) is 3.37. The molecule has 1 saturated heterocycles. The molecule has 1 aromatic carbocycles. The molecular formula is C17H20N2O2S. The van der Waals surface area contributed by atoms with E-state index in [1.165, 1.54) is 5.56 Å². The lowest BCUT2D eigenvalue weighted by Crippen LogP contribution is -2.31. The van der Waals surface area contributed by atoms with Crippen LogP contribution < -0.4 is 4.74 Å². The van der Waals surface area contributed by atoms with Crippen molar-refractivity contribution >= 4 is 17.2 Å². The van der Waals surface area contributed by atoms with E-state index in [0.717, 1.165) is 35.8 Å². The molecule has 116 valence electrons. The number of carbonyl (C=O) groups excluding carboxylic acids is 1. The number of ether oxygens (including phenoxy) is 1. The van der Waals surface area contributed by atoms with Gasteiger partial charge in [-0.15, -0.1) is 11.3 Å². The molecule has 3 rings (SSSR count). The number of likely N-dealkylation sites (tertiary alicyclic amines) is 1. The fraction of sp³-hybridized carbons (Fsp3) is 0.412. The fourth-order valence-corrected chi connectivity index (χ4v) is 3.60. The number of aryl methyl sites for hydroxylation is 1. The maximum atomic E-state index is 12.6. The van der Waals surface area contributed by atoms with Gasteiger partial charge in [0.2, 0.25) is 5.91 Å². The summed E-state index contributed by atoms with van der Waals surface area (Å²) in [6, 6.07) is 8.21. The molecule has 0 radical (unpaired) electrons. The lowest BCUT2D eigenvalue weighted by Gasteiger charge is -2.25. The number of carbonyl (C=O) groups is 1. The van der Waals surface area contributed by atoms with Gasteiger partial charge in [-0.2, -0.15) is 0 Å². The van der Waals surface area contributed by atoms with Crippen molar-refractivity contribution in [2.45, 2.75) is 32.2 Å². The molecule has 1 unspecified atom stereocenters. The minimum absolute atomic E-state index is 0.170. The van der Waals surface area contributed by atoms with E-state index in [0.29, 0.717) is 6.42 Å². The van der Waals surface area contributed by atoms with Crippen molar-refractivity contribution in [1.82, 2.24) is 9.88 Å². The summed E-state index contributed by atoms with van der Waals surface area (Å²) in [6.45, 7) is 2.80. The molecule has 2 heterocycles. The number of aromatic nitrogens is 1. The third kappa shape index (κ3) is 3.14. The Hall–Kier alpha value is -1.88. The average Bonchev–Trinajstić information content (AvgIpc) is 3.16. The quantitative estimate of drug-likeness (QED) is 0.868. The Bertz CT molecular complexity index is 651. The van der Waals surface area contributed by atoms with Crippen LogP contribution >= 0.6 is 11.3 Å². The second kappa shape index (κ2) is 6.48. The minimum Gasteiger partial charge on any atom is -0.497 e. The van der Waals surface area contributed by atoms with Gasteiger partial charge in [0.25, 0.3) is 0 Å². The van der Waals surface area contributed by atoms with E-state index >= 15 is 0 Å². The van der Waals surface area contributed by atoms with Gasteiger partial charge in [0, 0.05) is 11.9 Å². The lowest BCUT2D eigenvalue weighted by atomic mass is 10.0. The van der Waals surface area contributed by atoms with Crippen LogP contribution in [0.4, 0.5) is 0 Å². The first-order chi connectivity index (χ1) is 10.7. The Morgan fingerprint density at radius 1 is 1.41 bits per heavy atom. The number of thiazole rings is 1. The lowest BCUT2D eigenvalue weighted by molar-refractivity contribution is -0.131. The highest BCUT2D eigenvalue weighted by molar-refractivity contribution is 7.09. The van der Waals surface area contributed by atoms with Crippen LogP contribution in [0.3, 0.4) is 0 Å². The zero-order valence-electron chi connectivity index (χ0n) is 12.9. The van der Waals surface area contributed by atoms with Crippen molar-refractivity contribution < 1.29 is 9.53 Å². The molecule has 1 atom stereocenters. The highest BCUT2D eigenvalue weighted by Gasteiger charge is 2.30. The van der Waals surface area contributed by atoms with E-state index in [4.69, 9.17) is 4.74 Å². The summed E-state index contributed by atoms with van der Waals surface area (Å²) < 4.78 is 5.20. The third-order valence-electron chi connectivity index (χ3n) is 4.07. The van der Waals surface area contributed by atoms with Crippen molar-refractivity contribution in [3.8, 4) is 5.75 Å². The predicted molar refractivity (Wildman–Crippen MR) is 87.2 cm³/mol. The van der Waals surface area contributed by atoms with Crippen LogP contribution in [0.2, 0.25) is 0 Å². The second-order valence-electron chi connectivity index (χ2n) is 5.55. The van der Waals surface area contributed by atoms with Gasteiger partial charge in [0.15, 0.2) is 0 Å². The van der Waals surface area contributed by atoms with E-state index < -0.39 is 0 Å². The maximum absolute atomic E-state index is 12.6. The first kappa shape index (κ1) is 15.0. The molecule has 0 bridgehead atoms. The van der Waals surface area contributed by atoms with Crippen molar-refractivity contribution in [2.75, 3.05) is 13.7 Å². The number of nitrogens with zero attached hydrogens (tertiary/aromatic N) is 2. The molecule has 1 fully saturated rings. The summed E-state index contributed by atoms with van der Waals surface area (Å²) >= 11 is 1.59. The summed E-state index contributed by atoms with van der Waals surface area (Å²) in [5, 5.41) is 2.99. The molecule has 0 aliphatic carbocycles. The molecule has 0 saturated carbocycles. The fourth-order valence-electron chi connectivity index (χ4n) is 2.98. The number of hydrogen-bond donors (Lipinski definition) is 0. The second-order valence-corrected chi connectivity index (χ2v) is 6.62. The van der Waals surface area contributed by atoms with Gasteiger partial charge in [0.05, 0.1) is 30.3 Å². The molecule has 4 nitrogen and oxygen atoms in total. The molecule has 0 N–H and O–H groups in total. The Morgan fingerprint density at radius 3 is 2.82 bits per heavy atom. The molecule has 1 aliphatic rings. The van der Waals surface area contributed by atoms with Gasteiger partial charge >= 0.3 is 0 Å². The van der Waals surface area contributed by atoms with Crippen LogP contribution in [-0.2, 0) is 11.2 Å². The Labute approximate surface area is 134 Å². The van der Waals surface area contributed by atoms with Gasteiger partial charge in [0.1, 0.15) is 5.75 Å². The van der Waals surface area contributed by atoms with Crippen LogP contribution in [0.15, 0.2) is 29.6 Å². The first-order valence-electron chi connectivity index (χ1n) is 7.52. The third-order valence-corrected chi connectivity index (χ3v) is 4.89. The summed E-state index contributed by atoms with van der Waals surface area (Å²) in [7, 11) is 1.66. The van der Waals surface area contributed by atoms with E-state index in [-0.39, 0.29) is 11.9 Å². The van der Waals surface area contributed by atoms with Gasteiger partial charge in [-0.25, -0.2) is 4.98 Å². The Kier molecular flexibility index (Phi) is 4.43. The van der Waals surface area contributed by atoms with Crippen molar-refractivity contribution in [2.24, 2.45) is 0 Å². The smallest absolute Gasteiger partial charge is 0.229 e. The largest absolute Gasteiger partial charge is 0.497 e. The zero-order valence-corrected chi connectivity index (χ0v) is 13.7. The van der Waals surface area contributed by atoms with Crippen LogP contribution in [0.1, 0.15) is 35.1 Å². The monoisotopic (exact) mass is 316 g/mol. The molecule has 22 heavy (non-hydrogen) atoms. The summed E-state index contributed by atoms with van der Waals surface area (Å²) in [4.78, 5) is 19.0. The maximum Gasteiger partial charge on any atom is 0.229 e. The van der Waals surface area contributed by atoms with E-state index in [1.54, 1.807) is 18.4 Å². The summed E-state index contributed by atoms with van der Waals surface area (Å²) in [5.41, 5.74) is 2.06. The molecule has 1 aromatic heterocycles. The molecule has 2 aromatic rings. The van der Waals surface area contributed by atoms with E-state index in [9.17, 15) is 4.79 Å². The van der Waals surface area contributed by atoms with Gasteiger partial charge in [-0.3, -0.25) is 4.79 Å². The van der Waals surface area contributed by atoms with Crippen molar-refractivity contribution in [3.63, 3.8) is 0 Å². The number of amides is 1. The van der Waals surface area contributed by atoms with Gasteiger partial charge < -0.3 is 9.64 Å². The minimum atomic E-state index is 0.170. The summed E-state index contributed by atoms with van der Waals surface area (Å²) in [6.07, 6.45) is 2.48. The number of hydrogen-bond acceptors (Lipinski definition) is 4. The number of rotatable bonds is 4. The van der Waals surface area contributed by atoms with E-state index in [1.807, 2.05) is 29.3 Å². The van der Waals surface area contributed by atoms with Crippen molar-refractivity contribution in [3.05, 3.63) is 45.9 Å². The highest BCUT2D eigenvalue weighted by Crippen LogP contribution is 2.33.